The Morgan fingerprint density at radius 2 is 1.77 bits per heavy atom. The van der Waals surface area contributed by atoms with Gasteiger partial charge in [-0.25, -0.2) is 4.79 Å². The number of amides is 1. The molecule has 166 valence electrons. The average Bonchev–Trinajstić information content (AvgIpc) is 2.77. The van der Waals surface area contributed by atoms with Gasteiger partial charge in [-0.05, 0) is 60.4 Å². The minimum atomic E-state index is -0.594. The minimum absolute atomic E-state index is 0.248. The van der Waals surface area contributed by atoms with Crippen LogP contribution in [-0.4, -0.2) is 51.4 Å². The first-order valence-corrected chi connectivity index (χ1v) is 10.5. The summed E-state index contributed by atoms with van der Waals surface area (Å²) in [6.07, 6.45) is 0. The second-order valence-corrected chi connectivity index (χ2v) is 7.82. The fraction of sp³-hybridized carbons (Fsp3) is 0.417. The number of esters is 1. The maximum Gasteiger partial charge on any atom is 0.344 e. The highest BCUT2D eigenvalue weighted by molar-refractivity contribution is 5.93. The molecule has 1 aliphatic rings. The molecule has 1 amide bonds. The zero-order chi connectivity index (χ0) is 22.2. The van der Waals surface area contributed by atoms with E-state index in [4.69, 9.17) is 14.2 Å². The van der Waals surface area contributed by atoms with Gasteiger partial charge >= 0.3 is 5.97 Å². The molecular formula is C24H30N2O5. The molecule has 1 aliphatic heterocycles. The van der Waals surface area contributed by atoms with Gasteiger partial charge in [0.25, 0.3) is 5.91 Å². The van der Waals surface area contributed by atoms with Crippen LogP contribution in [-0.2, 0) is 19.1 Å². The molecule has 2 aromatic rings. The van der Waals surface area contributed by atoms with Crippen molar-refractivity contribution in [3.8, 4) is 5.75 Å². The second-order valence-electron chi connectivity index (χ2n) is 7.82. The first kappa shape index (κ1) is 22.6. The highest BCUT2D eigenvalue weighted by Gasteiger charge is 2.12. The number of nitrogens with zero attached hydrogens (tertiary/aromatic N) is 1. The van der Waals surface area contributed by atoms with E-state index in [0.717, 1.165) is 37.6 Å². The van der Waals surface area contributed by atoms with Gasteiger partial charge in [-0.1, -0.05) is 19.9 Å². The van der Waals surface area contributed by atoms with Gasteiger partial charge in [-0.15, -0.1) is 0 Å². The largest absolute Gasteiger partial charge is 0.482 e. The molecule has 31 heavy (non-hydrogen) atoms. The topological polar surface area (TPSA) is 77.1 Å². The number of carbonyl (C=O) groups is 2. The van der Waals surface area contributed by atoms with E-state index in [1.165, 1.54) is 5.56 Å². The lowest BCUT2D eigenvalue weighted by Gasteiger charge is -2.28. The van der Waals surface area contributed by atoms with E-state index in [-0.39, 0.29) is 13.2 Å². The molecule has 0 spiro atoms. The Labute approximate surface area is 183 Å². The van der Waals surface area contributed by atoms with E-state index in [9.17, 15) is 9.59 Å². The molecule has 1 fully saturated rings. The van der Waals surface area contributed by atoms with Crippen LogP contribution in [0.15, 0.2) is 42.5 Å². The molecule has 0 unspecified atom stereocenters. The van der Waals surface area contributed by atoms with Crippen molar-refractivity contribution in [1.29, 1.82) is 0 Å². The summed E-state index contributed by atoms with van der Waals surface area (Å²) < 4.78 is 15.9. The fourth-order valence-corrected chi connectivity index (χ4v) is 3.49. The van der Waals surface area contributed by atoms with Crippen LogP contribution in [0.4, 0.5) is 11.4 Å². The van der Waals surface area contributed by atoms with Gasteiger partial charge in [0, 0.05) is 24.5 Å². The lowest BCUT2D eigenvalue weighted by molar-refractivity contribution is -0.149. The second kappa shape index (κ2) is 10.8. The molecule has 0 saturated carbocycles. The van der Waals surface area contributed by atoms with Crippen LogP contribution >= 0.6 is 0 Å². The van der Waals surface area contributed by atoms with Crippen molar-refractivity contribution < 1.29 is 23.8 Å². The zero-order valence-corrected chi connectivity index (χ0v) is 18.3. The summed E-state index contributed by atoms with van der Waals surface area (Å²) in [6, 6.07) is 13.3. The third-order valence-electron chi connectivity index (χ3n) is 5.11. The summed E-state index contributed by atoms with van der Waals surface area (Å²) in [5.41, 5.74) is 4.08. The monoisotopic (exact) mass is 426 g/mol. The molecule has 0 radical (unpaired) electrons. The zero-order valence-electron chi connectivity index (χ0n) is 18.3. The van der Waals surface area contributed by atoms with E-state index in [1.54, 1.807) is 0 Å². The van der Waals surface area contributed by atoms with Crippen LogP contribution in [0.2, 0.25) is 0 Å². The van der Waals surface area contributed by atoms with Crippen LogP contribution in [0.5, 0.6) is 5.75 Å². The number of aryl methyl sites for hydroxylation is 1. The summed E-state index contributed by atoms with van der Waals surface area (Å²) in [6.45, 7) is 8.80. The summed E-state index contributed by atoms with van der Waals surface area (Å²) in [7, 11) is 0. The normalized spacial score (nSPS) is 13.7. The van der Waals surface area contributed by atoms with Crippen molar-refractivity contribution in [2.45, 2.75) is 26.7 Å². The van der Waals surface area contributed by atoms with E-state index in [1.807, 2.05) is 49.4 Å². The van der Waals surface area contributed by atoms with Crippen LogP contribution in [0.1, 0.15) is 30.9 Å². The Kier molecular flexibility index (Phi) is 7.89. The number of morpholine rings is 1. The Hall–Kier alpha value is -3.06. The van der Waals surface area contributed by atoms with Gasteiger partial charge in [0.1, 0.15) is 5.75 Å². The highest BCUT2D eigenvalue weighted by Crippen LogP contribution is 2.23. The third-order valence-corrected chi connectivity index (χ3v) is 5.11. The van der Waals surface area contributed by atoms with Crippen molar-refractivity contribution in [2.75, 3.05) is 49.7 Å². The van der Waals surface area contributed by atoms with E-state index < -0.39 is 11.9 Å². The lowest BCUT2D eigenvalue weighted by Crippen LogP contribution is -2.36. The molecule has 0 aromatic heterocycles. The van der Waals surface area contributed by atoms with E-state index in [2.05, 4.69) is 24.1 Å². The Balaban J connectivity index is 1.40. The molecule has 7 heteroatoms. The first-order chi connectivity index (χ1) is 14.9. The van der Waals surface area contributed by atoms with E-state index in [0.29, 0.717) is 17.4 Å². The van der Waals surface area contributed by atoms with Crippen molar-refractivity contribution in [3.63, 3.8) is 0 Å². The smallest absolute Gasteiger partial charge is 0.344 e. The van der Waals surface area contributed by atoms with Crippen LogP contribution in [0.25, 0.3) is 0 Å². The number of ether oxygens (including phenoxy) is 3. The van der Waals surface area contributed by atoms with E-state index >= 15 is 0 Å². The van der Waals surface area contributed by atoms with Crippen molar-refractivity contribution in [2.24, 2.45) is 0 Å². The Morgan fingerprint density at radius 1 is 1.06 bits per heavy atom. The molecule has 7 nitrogen and oxygen atoms in total. The molecule has 1 N–H and O–H groups in total. The van der Waals surface area contributed by atoms with Gasteiger partial charge in [0.15, 0.2) is 13.2 Å². The van der Waals surface area contributed by atoms with Crippen molar-refractivity contribution in [3.05, 3.63) is 53.6 Å². The van der Waals surface area contributed by atoms with Crippen molar-refractivity contribution in [1.82, 2.24) is 0 Å². The van der Waals surface area contributed by atoms with Gasteiger partial charge < -0.3 is 24.4 Å². The Morgan fingerprint density at radius 3 is 2.42 bits per heavy atom. The molecule has 3 rings (SSSR count). The van der Waals surface area contributed by atoms with Crippen molar-refractivity contribution >= 4 is 23.3 Å². The summed E-state index contributed by atoms with van der Waals surface area (Å²) in [5.74, 6) is 0.0322. The summed E-state index contributed by atoms with van der Waals surface area (Å²) >= 11 is 0. The predicted octanol–water partition coefficient (Wildman–Crippen LogP) is 3.52. The van der Waals surface area contributed by atoms with Crippen LogP contribution < -0.4 is 15.0 Å². The van der Waals surface area contributed by atoms with Gasteiger partial charge in [-0.2, -0.15) is 0 Å². The van der Waals surface area contributed by atoms with Gasteiger partial charge in [0.2, 0.25) is 0 Å². The number of anilines is 2. The maximum atomic E-state index is 12.1. The number of nitrogens with one attached hydrogen (secondary N) is 1. The molecule has 1 heterocycles. The quantitative estimate of drug-likeness (QED) is 0.651. The number of rotatable bonds is 8. The average molecular weight is 427 g/mol. The van der Waals surface area contributed by atoms with Gasteiger partial charge in [-0.3, -0.25) is 4.79 Å². The minimum Gasteiger partial charge on any atom is -0.482 e. The highest BCUT2D eigenvalue weighted by atomic mass is 16.6. The maximum absolute atomic E-state index is 12.1. The predicted molar refractivity (Wildman–Crippen MR) is 120 cm³/mol. The lowest BCUT2D eigenvalue weighted by atomic mass is 9.98. The number of benzene rings is 2. The molecule has 0 atom stereocenters. The molecular weight excluding hydrogens is 396 g/mol. The summed E-state index contributed by atoms with van der Waals surface area (Å²) in [5, 5.41) is 2.73. The number of carbonyl (C=O) groups excluding carboxylic acids is 2. The molecule has 0 bridgehead atoms. The van der Waals surface area contributed by atoms with Gasteiger partial charge in [0.05, 0.1) is 13.2 Å². The SMILES string of the molecule is Cc1cc(OCC(=O)OCC(=O)Nc2ccc(N3CCOCC3)cc2)ccc1C(C)C. The Bertz CT molecular complexity index is 889. The first-order valence-electron chi connectivity index (χ1n) is 10.5. The molecule has 1 saturated heterocycles. The van der Waals surface area contributed by atoms with Crippen LogP contribution in [0, 0.1) is 6.92 Å². The third kappa shape index (κ3) is 6.72. The number of hydrogen-bond donors (Lipinski definition) is 1. The summed E-state index contributed by atoms with van der Waals surface area (Å²) in [4.78, 5) is 26.2. The van der Waals surface area contributed by atoms with Crippen LogP contribution in [0.3, 0.4) is 0 Å². The standard InChI is InChI=1S/C24H30N2O5/c1-17(2)22-9-8-21(14-18(22)3)30-16-24(28)31-15-23(27)25-19-4-6-20(7-5-19)26-10-12-29-13-11-26/h4-9,14,17H,10-13,15-16H2,1-3H3,(H,25,27). The number of hydrogen-bond acceptors (Lipinski definition) is 6. The molecule has 0 aliphatic carbocycles. The molecule has 2 aromatic carbocycles. The fourth-order valence-electron chi connectivity index (χ4n) is 3.49.